The molecule has 116 valence electrons. The van der Waals surface area contributed by atoms with Gasteiger partial charge in [0.25, 0.3) is 0 Å². The van der Waals surface area contributed by atoms with Crippen molar-refractivity contribution in [3.05, 3.63) is 35.6 Å². The molecule has 0 aliphatic heterocycles. The van der Waals surface area contributed by atoms with Gasteiger partial charge in [-0.05, 0) is 36.5 Å². The predicted molar refractivity (Wildman–Crippen MR) is 79.4 cm³/mol. The van der Waals surface area contributed by atoms with E-state index in [1.807, 2.05) is 12.1 Å². The van der Waals surface area contributed by atoms with Gasteiger partial charge >= 0.3 is 0 Å². The molecule has 1 amide bonds. The fourth-order valence-electron chi connectivity index (χ4n) is 2.38. The summed E-state index contributed by atoms with van der Waals surface area (Å²) in [5, 5.41) is 6.22. The fraction of sp³-hybridized carbons (Fsp3) is 0.562. The molecular weight excluding hydrogens is 271 g/mol. The topological polar surface area (TPSA) is 50.4 Å². The van der Waals surface area contributed by atoms with Gasteiger partial charge in [0.05, 0.1) is 6.61 Å². The molecule has 1 atom stereocenters. The molecule has 4 nitrogen and oxygen atoms in total. The van der Waals surface area contributed by atoms with Crippen LogP contribution in [-0.2, 0) is 9.53 Å². The molecule has 1 aromatic carbocycles. The van der Waals surface area contributed by atoms with Crippen LogP contribution in [0.25, 0.3) is 0 Å². The maximum absolute atomic E-state index is 13.0. The Morgan fingerprint density at radius 2 is 2.05 bits per heavy atom. The zero-order valence-electron chi connectivity index (χ0n) is 12.4. The van der Waals surface area contributed by atoms with E-state index in [-0.39, 0.29) is 17.8 Å². The van der Waals surface area contributed by atoms with Gasteiger partial charge in [-0.3, -0.25) is 4.79 Å². The van der Waals surface area contributed by atoms with Crippen LogP contribution in [0.3, 0.4) is 0 Å². The molecule has 0 saturated heterocycles. The first-order valence-corrected chi connectivity index (χ1v) is 7.45. The van der Waals surface area contributed by atoms with Crippen LogP contribution in [0.2, 0.25) is 0 Å². The van der Waals surface area contributed by atoms with Gasteiger partial charge in [0.1, 0.15) is 5.82 Å². The third-order valence-corrected chi connectivity index (χ3v) is 3.67. The number of benzene rings is 1. The zero-order chi connectivity index (χ0) is 15.1. The third kappa shape index (κ3) is 5.44. The van der Waals surface area contributed by atoms with Crippen LogP contribution >= 0.6 is 0 Å². The fourth-order valence-corrected chi connectivity index (χ4v) is 2.38. The van der Waals surface area contributed by atoms with Crippen molar-refractivity contribution in [2.75, 3.05) is 26.8 Å². The number of rotatable bonds is 9. The predicted octanol–water partition coefficient (Wildman–Crippen LogP) is 2.02. The summed E-state index contributed by atoms with van der Waals surface area (Å²) in [6, 6.07) is 6.85. The van der Waals surface area contributed by atoms with E-state index in [1.54, 1.807) is 7.11 Å². The number of methoxy groups -OCH3 is 1. The molecule has 1 aliphatic rings. The van der Waals surface area contributed by atoms with Gasteiger partial charge in [0, 0.05) is 32.7 Å². The summed E-state index contributed by atoms with van der Waals surface area (Å²) in [6.07, 6.45) is 2.82. The molecule has 0 spiro atoms. The van der Waals surface area contributed by atoms with Gasteiger partial charge in [-0.25, -0.2) is 4.39 Å². The van der Waals surface area contributed by atoms with Crippen LogP contribution in [0.5, 0.6) is 0 Å². The van der Waals surface area contributed by atoms with Crippen LogP contribution in [0.1, 0.15) is 30.9 Å². The molecule has 0 bridgehead atoms. The number of hydrogen-bond donors (Lipinski definition) is 2. The first-order valence-electron chi connectivity index (χ1n) is 7.45. The Morgan fingerprint density at radius 3 is 2.67 bits per heavy atom. The van der Waals surface area contributed by atoms with E-state index in [0.717, 1.165) is 5.56 Å². The number of amides is 1. The Hall–Kier alpha value is -1.46. The number of nitrogens with one attached hydrogen (secondary N) is 2. The van der Waals surface area contributed by atoms with Crippen molar-refractivity contribution in [2.45, 2.75) is 25.3 Å². The molecule has 0 radical (unpaired) electrons. The van der Waals surface area contributed by atoms with Crippen LogP contribution in [-0.4, -0.2) is 32.7 Å². The Morgan fingerprint density at radius 1 is 1.33 bits per heavy atom. The van der Waals surface area contributed by atoms with Crippen molar-refractivity contribution in [1.29, 1.82) is 0 Å². The lowest BCUT2D eigenvalue weighted by Gasteiger charge is -2.18. The Balaban J connectivity index is 1.76. The van der Waals surface area contributed by atoms with Crippen molar-refractivity contribution in [3.8, 4) is 0 Å². The van der Waals surface area contributed by atoms with Crippen molar-refractivity contribution in [1.82, 2.24) is 10.6 Å². The van der Waals surface area contributed by atoms with Crippen LogP contribution in [0.15, 0.2) is 24.3 Å². The third-order valence-electron chi connectivity index (χ3n) is 3.67. The molecule has 2 N–H and O–H groups in total. The van der Waals surface area contributed by atoms with Gasteiger partial charge in [-0.15, -0.1) is 0 Å². The number of carbonyl (C=O) groups is 1. The van der Waals surface area contributed by atoms with E-state index in [2.05, 4.69) is 10.6 Å². The minimum atomic E-state index is -0.217. The van der Waals surface area contributed by atoms with E-state index in [1.165, 1.54) is 25.0 Å². The van der Waals surface area contributed by atoms with E-state index < -0.39 is 0 Å². The zero-order valence-corrected chi connectivity index (χ0v) is 12.4. The number of hydrogen-bond acceptors (Lipinski definition) is 3. The highest BCUT2D eigenvalue weighted by Gasteiger charge is 2.31. The summed E-state index contributed by atoms with van der Waals surface area (Å²) >= 11 is 0. The lowest BCUT2D eigenvalue weighted by molar-refractivity contribution is -0.121. The van der Waals surface area contributed by atoms with E-state index >= 15 is 0 Å². The van der Waals surface area contributed by atoms with Crippen molar-refractivity contribution >= 4 is 5.91 Å². The second-order valence-corrected chi connectivity index (χ2v) is 5.41. The minimum absolute atomic E-state index is 0.0215. The van der Waals surface area contributed by atoms with Gasteiger partial charge in [-0.1, -0.05) is 12.1 Å². The summed E-state index contributed by atoms with van der Waals surface area (Å²) in [5.74, 6) is 0.408. The summed E-state index contributed by atoms with van der Waals surface area (Å²) in [4.78, 5) is 11.6. The molecule has 21 heavy (non-hydrogen) atoms. The summed E-state index contributed by atoms with van der Waals surface area (Å²) in [7, 11) is 1.61. The second kappa shape index (κ2) is 8.10. The van der Waals surface area contributed by atoms with Crippen LogP contribution in [0.4, 0.5) is 4.39 Å². The average molecular weight is 294 g/mol. The van der Waals surface area contributed by atoms with Gasteiger partial charge < -0.3 is 15.4 Å². The normalized spacial score (nSPS) is 15.7. The Kier molecular flexibility index (Phi) is 6.14. The number of halogens is 1. The van der Waals surface area contributed by atoms with E-state index in [9.17, 15) is 9.18 Å². The van der Waals surface area contributed by atoms with Crippen molar-refractivity contribution < 1.29 is 13.9 Å². The highest BCUT2D eigenvalue weighted by atomic mass is 19.1. The molecule has 2 rings (SSSR count). The molecule has 1 unspecified atom stereocenters. The molecule has 1 fully saturated rings. The monoisotopic (exact) mass is 294 g/mol. The second-order valence-electron chi connectivity index (χ2n) is 5.41. The largest absolute Gasteiger partial charge is 0.383 e. The van der Waals surface area contributed by atoms with Gasteiger partial charge in [-0.2, -0.15) is 0 Å². The molecule has 5 heteroatoms. The molecule has 0 aromatic heterocycles. The SMILES string of the molecule is COCCNC(=O)CCNC(c1ccc(F)cc1)C1CC1. The Labute approximate surface area is 125 Å². The van der Waals surface area contributed by atoms with Crippen molar-refractivity contribution in [3.63, 3.8) is 0 Å². The quantitative estimate of drug-likeness (QED) is 0.685. The molecule has 0 heterocycles. The summed E-state index contributed by atoms with van der Waals surface area (Å²) in [6.45, 7) is 1.69. The smallest absolute Gasteiger partial charge is 0.221 e. The summed E-state index contributed by atoms with van der Waals surface area (Å²) < 4.78 is 17.9. The maximum atomic E-state index is 13.0. The highest BCUT2D eigenvalue weighted by Crippen LogP contribution is 2.40. The van der Waals surface area contributed by atoms with Gasteiger partial charge in [0.15, 0.2) is 0 Å². The maximum Gasteiger partial charge on any atom is 0.221 e. The minimum Gasteiger partial charge on any atom is -0.383 e. The van der Waals surface area contributed by atoms with Crippen molar-refractivity contribution in [2.24, 2.45) is 5.92 Å². The van der Waals surface area contributed by atoms with E-state index in [0.29, 0.717) is 32.0 Å². The van der Waals surface area contributed by atoms with Crippen LogP contribution < -0.4 is 10.6 Å². The molecular formula is C16H23FN2O2. The molecule has 1 aromatic rings. The number of carbonyl (C=O) groups excluding carboxylic acids is 1. The standard InChI is InChI=1S/C16H23FN2O2/c1-21-11-10-18-15(20)8-9-19-16(12-2-3-12)13-4-6-14(17)7-5-13/h4-7,12,16,19H,2-3,8-11H2,1H3,(H,18,20). The average Bonchev–Trinajstić information content (AvgIpc) is 3.30. The lowest BCUT2D eigenvalue weighted by atomic mass is 10.0. The van der Waals surface area contributed by atoms with Gasteiger partial charge in [0.2, 0.25) is 5.91 Å². The Bertz CT molecular complexity index is 446. The van der Waals surface area contributed by atoms with E-state index in [4.69, 9.17) is 4.74 Å². The molecule has 1 aliphatic carbocycles. The van der Waals surface area contributed by atoms with Crippen LogP contribution in [0, 0.1) is 11.7 Å². The number of ether oxygens (including phenoxy) is 1. The first-order chi connectivity index (χ1) is 10.2. The summed E-state index contributed by atoms with van der Waals surface area (Å²) in [5.41, 5.74) is 1.10. The first kappa shape index (κ1) is 15.9. The molecule has 1 saturated carbocycles. The lowest BCUT2D eigenvalue weighted by Crippen LogP contribution is -2.31. The highest BCUT2D eigenvalue weighted by molar-refractivity contribution is 5.76.